The molecule has 1 saturated heterocycles. The summed E-state index contributed by atoms with van der Waals surface area (Å²) in [4.78, 5) is 28.9. The van der Waals surface area contributed by atoms with E-state index in [1.54, 1.807) is 12.0 Å². The van der Waals surface area contributed by atoms with Crippen molar-refractivity contribution >= 4 is 11.8 Å². The normalized spacial score (nSPS) is 14.2. The molecule has 6 nitrogen and oxygen atoms in total. The number of methoxy groups -OCH3 is 1. The lowest BCUT2D eigenvalue weighted by molar-refractivity contribution is -0.140. The molecule has 0 atom stereocenters. The maximum absolute atomic E-state index is 12.8. The van der Waals surface area contributed by atoms with Crippen LogP contribution in [0, 0.1) is 5.92 Å². The van der Waals surface area contributed by atoms with Gasteiger partial charge in [0.2, 0.25) is 11.8 Å². The van der Waals surface area contributed by atoms with Gasteiger partial charge >= 0.3 is 0 Å². The molecule has 0 spiro atoms. The summed E-state index contributed by atoms with van der Waals surface area (Å²) in [7, 11) is 3.42. The van der Waals surface area contributed by atoms with E-state index in [1.165, 1.54) is 5.56 Å². The molecule has 2 amide bonds. The third kappa shape index (κ3) is 6.48. The molecule has 0 bridgehead atoms. The van der Waals surface area contributed by atoms with Crippen molar-refractivity contribution in [3.63, 3.8) is 0 Å². The van der Waals surface area contributed by atoms with Gasteiger partial charge in [-0.15, -0.1) is 0 Å². The first-order valence-electron chi connectivity index (χ1n) is 10.9. The summed E-state index contributed by atoms with van der Waals surface area (Å²) in [6, 6.07) is 17.5. The fourth-order valence-corrected chi connectivity index (χ4v) is 3.88. The number of likely N-dealkylation sites (N-methyl/N-ethyl adjacent to an activating group) is 1. The van der Waals surface area contributed by atoms with Crippen LogP contribution in [-0.2, 0) is 16.0 Å². The van der Waals surface area contributed by atoms with Crippen LogP contribution in [0.1, 0.15) is 24.8 Å². The minimum atomic E-state index is -0.0329. The monoisotopic (exact) mass is 424 g/mol. The Morgan fingerprint density at radius 1 is 1.00 bits per heavy atom. The molecule has 0 saturated carbocycles. The number of hydrogen-bond acceptors (Lipinski definition) is 4. The van der Waals surface area contributed by atoms with Crippen LogP contribution in [0.15, 0.2) is 54.6 Å². The van der Waals surface area contributed by atoms with E-state index in [1.807, 2.05) is 66.5 Å². The van der Waals surface area contributed by atoms with Gasteiger partial charge in [0.1, 0.15) is 6.61 Å². The number of para-hydroxylation sites is 2. The van der Waals surface area contributed by atoms with Crippen molar-refractivity contribution in [2.45, 2.75) is 25.7 Å². The largest absolute Gasteiger partial charge is 0.493 e. The summed E-state index contributed by atoms with van der Waals surface area (Å²) >= 11 is 0. The zero-order chi connectivity index (χ0) is 22.1. The quantitative estimate of drug-likeness (QED) is 0.619. The van der Waals surface area contributed by atoms with Crippen LogP contribution >= 0.6 is 0 Å². The molecule has 1 aliphatic rings. The van der Waals surface area contributed by atoms with Gasteiger partial charge in [0.25, 0.3) is 0 Å². The average Bonchev–Trinajstić information content (AvgIpc) is 2.83. The minimum absolute atomic E-state index is 0.0329. The van der Waals surface area contributed by atoms with Gasteiger partial charge < -0.3 is 19.3 Å². The first-order chi connectivity index (χ1) is 15.1. The van der Waals surface area contributed by atoms with Gasteiger partial charge in [-0.05, 0) is 37.0 Å². The molecule has 166 valence electrons. The molecule has 1 fully saturated rings. The first-order valence-corrected chi connectivity index (χ1v) is 10.9. The summed E-state index contributed by atoms with van der Waals surface area (Å²) in [5.74, 6) is 1.62. The van der Waals surface area contributed by atoms with Crippen LogP contribution in [0.4, 0.5) is 0 Å². The lowest BCUT2D eigenvalue weighted by atomic mass is 9.95. The fraction of sp³-hybridized carbons (Fsp3) is 0.440. The van der Waals surface area contributed by atoms with Gasteiger partial charge in [-0.25, -0.2) is 0 Å². The SMILES string of the molecule is COc1ccccc1OCCN(C)C(=O)C1CCN(C(=O)CCc2ccccc2)CC1. The van der Waals surface area contributed by atoms with Gasteiger partial charge in [0.15, 0.2) is 11.5 Å². The second kappa shape index (κ2) is 11.4. The Bertz CT molecular complexity index is 848. The van der Waals surface area contributed by atoms with Gasteiger partial charge in [-0.1, -0.05) is 42.5 Å². The van der Waals surface area contributed by atoms with Crippen LogP contribution in [0.2, 0.25) is 0 Å². The van der Waals surface area contributed by atoms with Crippen molar-refractivity contribution in [3.05, 3.63) is 60.2 Å². The zero-order valence-electron chi connectivity index (χ0n) is 18.5. The summed E-state index contributed by atoms with van der Waals surface area (Å²) < 4.78 is 11.1. The van der Waals surface area contributed by atoms with E-state index in [-0.39, 0.29) is 17.7 Å². The van der Waals surface area contributed by atoms with Crippen LogP contribution in [0.5, 0.6) is 11.5 Å². The number of aryl methyl sites for hydroxylation is 1. The molecule has 1 aliphatic heterocycles. The number of ether oxygens (including phenoxy) is 2. The van der Waals surface area contributed by atoms with E-state index < -0.39 is 0 Å². The van der Waals surface area contributed by atoms with Gasteiger partial charge in [-0.3, -0.25) is 9.59 Å². The number of likely N-dealkylation sites (tertiary alicyclic amines) is 1. The van der Waals surface area contributed by atoms with Gasteiger partial charge in [-0.2, -0.15) is 0 Å². The molecular formula is C25H32N2O4. The minimum Gasteiger partial charge on any atom is -0.493 e. The van der Waals surface area contributed by atoms with Crippen LogP contribution < -0.4 is 9.47 Å². The van der Waals surface area contributed by atoms with E-state index >= 15 is 0 Å². The Morgan fingerprint density at radius 2 is 1.65 bits per heavy atom. The first kappa shape index (κ1) is 22.7. The molecule has 31 heavy (non-hydrogen) atoms. The Kier molecular flexibility index (Phi) is 8.33. The highest BCUT2D eigenvalue weighted by Gasteiger charge is 2.28. The Hall–Kier alpha value is -3.02. The summed E-state index contributed by atoms with van der Waals surface area (Å²) in [5, 5.41) is 0. The number of amides is 2. The number of hydrogen-bond donors (Lipinski definition) is 0. The fourth-order valence-electron chi connectivity index (χ4n) is 3.88. The number of piperidine rings is 1. The molecule has 0 aliphatic carbocycles. The smallest absolute Gasteiger partial charge is 0.225 e. The lowest BCUT2D eigenvalue weighted by Gasteiger charge is -2.33. The highest BCUT2D eigenvalue weighted by atomic mass is 16.5. The van der Waals surface area contributed by atoms with Crippen molar-refractivity contribution in [1.82, 2.24) is 9.80 Å². The Morgan fingerprint density at radius 3 is 2.32 bits per heavy atom. The van der Waals surface area contributed by atoms with Gasteiger partial charge in [0, 0.05) is 32.5 Å². The van der Waals surface area contributed by atoms with E-state index in [4.69, 9.17) is 9.47 Å². The number of benzene rings is 2. The van der Waals surface area contributed by atoms with Crippen molar-refractivity contribution in [2.24, 2.45) is 5.92 Å². The molecule has 0 unspecified atom stereocenters. The summed E-state index contributed by atoms with van der Waals surface area (Å²) in [6.45, 7) is 2.21. The highest BCUT2D eigenvalue weighted by molar-refractivity contribution is 5.80. The molecular weight excluding hydrogens is 392 g/mol. The van der Waals surface area contributed by atoms with Crippen molar-refractivity contribution in [1.29, 1.82) is 0 Å². The van der Waals surface area contributed by atoms with Gasteiger partial charge in [0.05, 0.1) is 13.7 Å². The zero-order valence-corrected chi connectivity index (χ0v) is 18.5. The van der Waals surface area contributed by atoms with E-state index in [9.17, 15) is 9.59 Å². The summed E-state index contributed by atoms with van der Waals surface area (Å²) in [6.07, 6.45) is 2.71. The number of rotatable bonds is 9. The lowest BCUT2D eigenvalue weighted by Crippen LogP contribution is -2.44. The van der Waals surface area contributed by atoms with Crippen LogP contribution in [0.25, 0.3) is 0 Å². The molecule has 2 aromatic rings. The van der Waals surface area contributed by atoms with E-state index in [2.05, 4.69) is 0 Å². The molecule has 0 aromatic heterocycles. The Balaban J connectivity index is 1.38. The number of nitrogens with zero attached hydrogens (tertiary/aromatic N) is 2. The predicted octanol–water partition coefficient (Wildman–Crippen LogP) is 3.40. The molecule has 0 radical (unpaired) electrons. The second-order valence-corrected chi connectivity index (χ2v) is 7.90. The van der Waals surface area contributed by atoms with E-state index in [0.29, 0.717) is 57.0 Å². The second-order valence-electron chi connectivity index (χ2n) is 7.90. The maximum Gasteiger partial charge on any atom is 0.225 e. The van der Waals surface area contributed by atoms with E-state index in [0.717, 1.165) is 6.42 Å². The topological polar surface area (TPSA) is 59.1 Å². The van der Waals surface area contributed by atoms with Crippen LogP contribution in [0.3, 0.4) is 0 Å². The van der Waals surface area contributed by atoms with Crippen molar-refractivity contribution < 1.29 is 19.1 Å². The molecule has 0 N–H and O–H groups in total. The van der Waals surface area contributed by atoms with Crippen molar-refractivity contribution in [2.75, 3.05) is 40.4 Å². The molecule has 1 heterocycles. The standard InChI is InChI=1S/C25H32N2O4/c1-26(18-19-31-23-11-7-6-10-22(23)30-2)25(29)21-14-16-27(17-15-21)24(28)13-12-20-8-4-3-5-9-20/h3-11,21H,12-19H2,1-2H3. The van der Waals surface area contributed by atoms with Crippen molar-refractivity contribution in [3.8, 4) is 11.5 Å². The molecule has 3 rings (SSSR count). The molecule has 6 heteroatoms. The average molecular weight is 425 g/mol. The van der Waals surface area contributed by atoms with Crippen LogP contribution in [-0.4, -0.2) is 62.0 Å². The number of carbonyl (C=O) groups is 2. The summed E-state index contributed by atoms with van der Waals surface area (Å²) in [5.41, 5.74) is 1.18. The predicted molar refractivity (Wildman–Crippen MR) is 120 cm³/mol. The number of carbonyl (C=O) groups excluding carboxylic acids is 2. The Labute approximate surface area is 184 Å². The third-order valence-electron chi connectivity index (χ3n) is 5.80. The third-order valence-corrected chi connectivity index (χ3v) is 5.80. The maximum atomic E-state index is 12.8. The highest BCUT2D eigenvalue weighted by Crippen LogP contribution is 2.26. The molecule has 2 aromatic carbocycles.